The standard InChI is InChI=1S/C20H25BrO3S/c1-14(13-25(22)23)12-24-19-9-15(2)20(16(3)10-19)18-6-4-5-17(11-18)7-8-21/h4-6,9-11,14,25H,7-8,12-13H2,1-3H3. The summed E-state index contributed by atoms with van der Waals surface area (Å²) in [7, 11) is -2.36. The van der Waals surface area contributed by atoms with Crippen LogP contribution in [0.1, 0.15) is 23.6 Å². The Morgan fingerprint density at radius 2 is 1.80 bits per heavy atom. The molecule has 0 radical (unpaired) electrons. The number of hydrogen-bond acceptors (Lipinski definition) is 3. The van der Waals surface area contributed by atoms with Gasteiger partial charge in [-0.1, -0.05) is 47.1 Å². The largest absolute Gasteiger partial charge is 0.493 e. The number of ether oxygens (including phenoxy) is 1. The van der Waals surface area contributed by atoms with Crippen molar-refractivity contribution in [1.82, 2.24) is 0 Å². The summed E-state index contributed by atoms with van der Waals surface area (Å²) in [6, 6.07) is 12.7. The van der Waals surface area contributed by atoms with E-state index in [-0.39, 0.29) is 11.7 Å². The molecule has 0 aromatic heterocycles. The minimum absolute atomic E-state index is 0.0117. The molecule has 0 saturated carbocycles. The molecule has 136 valence electrons. The van der Waals surface area contributed by atoms with Crippen molar-refractivity contribution >= 4 is 26.6 Å². The number of alkyl halides is 1. The molecule has 0 fully saturated rings. The summed E-state index contributed by atoms with van der Waals surface area (Å²) in [5.74, 6) is 0.942. The summed E-state index contributed by atoms with van der Waals surface area (Å²) in [5.41, 5.74) is 6.09. The molecular weight excluding hydrogens is 400 g/mol. The number of halogens is 1. The minimum atomic E-state index is -2.36. The van der Waals surface area contributed by atoms with Crippen LogP contribution >= 0.6 is 15.9 Å². The first-order valence-corrected chi connectivity index (χ1v) is 10.9. The average molecular weight is 425 g/mol. The third kappa shape index (κ3) is 5.86. The highest BCUT2D eigenvalue weighted by molar-refractivity contribution is 9.09. The molecule has 0 saturated heterocycles. The maximum absolute atomic E-state index is 10.8. The first-order chi connectivity index (χ1) is 11.9. The van der Waals surface area contributed by atoms with Crippen LogP contribution in [0.5, 0.6) is 5.75 Å². The molecule has 25 heavy (non-hydrogen) atoms. The first kappa shape index (κ1) is 20.0. The van der Waals surface area contributed by atoms with Gasteiger partial charge in [-0.3, -0.25) is 0 Å². The molecule has 0 aliphatic rings. The molecule has 0 bridgehead atoms. The molecule has 1 atom stereocenters. The van der Waals surface area contributed by atoms with Crippen LogP contribution in [0.4, 0.5) is 0 Å². The third-order valence-electron chi connectivity index (χ3n) is 4.10. The molecule has 3 nitrogen and oxygen atoms in total. The molecule has 0 heterocycles. The van der Waals surface area contributed by atoms with E-state index in [0.717, 1.165) is 28.6 Å². The zero-order valence-corrected chi connectivity index (χ0v) is 17.4. The van der Waals surface area contributed by atoms with Gasteiger partial charge in [0, 0.05) is 11.2 Å². The number of hydrogen-bond donors (Lipinski definition) is 1. The normalized spacial score (nSPS) is 12.4. The lowest BCUT2D eigenvalue weighted by Gasteiger charge is -2.16. The molecular formula is C20H25BrO3S. The van der Waals surface area contributed by atoms with E-state index in [1.807, 2.05) is 19.1 Å². The van der Waals surface area contributed by atoms with Crippen LogP contribution in [0.2, 0.25) is 0 Å². The summed E-state index contributed by atoms with van der Waals surface area (Å²) < 4.78 is 27.4. The Hall–Kier alpha value is -1.33. The Morgan fingerprint density at radius 3 is 2.40 bits per heavy atom. The van der Waals surface area contributed by atoms with Crippen LogP contribution in [0.3, 0.4) is 0 Å². The fourth-order valence-corrected chi connectivity index (χ4v) is 4.07. The molecule has 0 amide bonds. The van der Waals surface area contributed by atoms with Crippen molar-refractivity contribution in [3.63, 3.8) is 0 Å². The Balaban J connectivity index is 2.21. The SMILES string of the molecule is Cc1cc(OCC(C)C[SH](=O)=O)cc(C)c1-c1cccc(CCBr)c1. The third-order valence-corrected chi connectivity index (χ3v) is 5.42. The highest BCUT2D eigenvalue weighted by Gasteiger charge is 2.11. The quantitative estimate of drug-likeness (QED) is 0.499. The van der Waals surface area contributed by atoms with E-state index in [9.17, 15) is 8.42 Å². The molecule has 2 aromatic carbocycles. The topological polar surface area (TPSA) is 43.4 Å². The molecule has 0 N–H and O–H groups in total. The Labute approximate surface area is 160 Å². The zero-order valence-electron chi connectivity index (χ0n) is 14.9. The van der Waals surface area contributed by atoms with Gasteiger partial charge in [-0.25, -0.2) is 8.42 Å². The highest BCUT2D eigenvalue weighted by atomic mass is 79.9. The van der Waals surface area contributed by atoms with Gasteiger partial charge in [0.05, 0.1) is 12.4 Å². The van der Waals surface area contributed by atoms with E-state index in [4.69, 9.17) is 4.74 Å². The van der Waals surface area contributed by atoms with Crippen LogP contribution < -0.4 is 4.74 Å². The molecule has 2 rings (SSSR count). The predicted octanol–water partition coefficient (Wildman–Crippen LogP) is 4.53. The lowest BCUT2D eigenvalue weighted by Crippen LogP contribution is -2.13. The van der Waals surface area contributed by atoms with E-state index >= 15 is 0 Å². The van der Waals surface area contributed by atoms with Gasteiger partial charge in [0.1, 0.15) is 16.5 Å². The molecule has 2 aromatic rings. The number of rotatable bonds is 8. The molecule has 1 unspecified atom stereocenters. The fraction of sp³-hybridized carbons (Fsp3) is 0.400. The van der Waals surface area contributed by atoms with Crippen LogP contribution in [-0.4, -0.2) is 26.1 Å². The van der Waals surface area contributed by atoms with Crippen LogP contribution in [0.25, 0.3) is 11.1 Å². The van der Waals surface area contributed by atoms with Gasteiger partial charge in [0.2, 0.25) is 0 Å². The second kappa shape index (κ2) is 9.39. The number of thiol groups is 1. The van der Waals surface area contributed by atoms with Crippen molar-refractivity contribution in [2.24, 2.45) is 5.92 Å². The van der Waals surface area contributed by atoms with E-state index in [1.54, 1.807) is 0 Å². The van der Waals surface area contributed by atoms with Gasteiger partial charge in [-0.05, 0) is 60.2 Å². The zero-order chi connectivity index (χ0) is 18.4. The van der Waals surface area contributed by atoms with Crippen molar-refractivity contribution in [3.05, 3.63) is 53.1 Å². The molecule has 0 aliphatic carbocycles. The number of aryl methyl sites for hydroxylation is 3. The summed E-state index contributed by atoms with van der Waals surface area (Å²) in [6.45, 7) is 6.46. The molecule has 0 aliphatic heterocycles. The first-order valence-electron chi connectivity index (χ1n) is 8.41. The van der Waals surface area contributed by atoms with Gasteiger partial charge in [-0.2, -0.15) is 0 Å². The van der Waals surface area contributed by atoms with E-state index < -0.39 is 10.7 Å². The average Bonchev–Trinajstić information content (AvgIpc) is 2.52. The number of benzene rings is 2. The minimum Gasteiger partial charge on any atom is -0.493 e. The van der Waals surface area contributed by atoms with E-state index in [1.165, 1.54) is 16.7 Å². The predicted molar refractivity (Wildman–Crippen MR) is 109 cm³/mol. The van der Waals surface area contributed by atoms with Gasteiger partial charge in [0.25, 0.3) is 0 Å². The van der Waals surface area contributed by atoms with Gasteiger partial charge >= 0.3 is 0 Å². The second-order valence-electron chi connectivity index (χ2n) is 6.50. The summed E-state index contributed by atoms with van der Waals surface area (Å²) in [6.07, 6.45) is 1.01. The lowest BCUT2D eigenvalue weighted by atomic mass is 9.94. The Bertz CT molecular complexity index is 768. The van der Waals surface area contributed by atoms with Gasteiger partial charge in [-0.15, -0.1) is 0 Å². The van der Waals surface area contributed by atoms with Crippen molar-refractivity contribution in [2.45, 2.75) is 27.2 Å². The van der Waals surface area contributed by atoms with E-state index in [0.29, 0.717) is 6.61 Å². The molecule has 5 heteroatoms. The summed E-state index contributed by atoms with van der Waals surface area (Å²) in [5, 5.41) is 0.953. The summed E-state index contributed by atoms with van der Waals surface area (Å²) >= 11 is 3.49. The lowest BCUT2D eigenvalue weighted by molar-refractivity contribution is 0.272. The fourth-order valence-electron chi connectivity index (χ4n) is 3.00. The van der Waals surface area contributed by atoms with Crippen molar-refractivity contribution in [3.8, 4) is 16.9 Å². The van der Waals surface area contributed by atoms with Crippen molar-refractivity contribution in [1.29, 1.82) is 0 Å². The monoisotopic (exact) mass is 424 g/mol. The second-order valence-corrected chi connectivity index (χ2v) is 8.33. The Morgan fingerprint density at radius 1 is 1.12 bits per heavy atom. The van der Waals surface area contributed by atoms with Crippen molar-refractivity contribution in [2.75, 3.05) is 17.7 Å². The van der Waals surface area contributed by atoms with Crippen LogP contribution in [0.15, 0.2) is 36.4 Å². The van der Waals surface area contributed by atoms with Crippen molar-refractivity contribution < 1.29 is 13.2 Å². The van der Waals surface area contributed by atoms with Crippen LogP contribution in [0, 0.1) is 19.8 Å². The van der Waals surface area contributed by atoms with Gasteiger partial charge in [0.15, 0.2) is 0 Å². The maximum atomic E-state index is 10.8. The highest BCUT2D eigenvalue weighted by Crippen LogP contribution is 2.31. The smallest absolute Gasteiger partial charge is 0.140 e. The van der Waals surface area contributed by atoms with Crippen LogP contribution in [-0.2, 0) is 17.1 Å². The summed E-state index contributed by atoms with van der Waals surface area (Å²) in [4.78, 5) is 0. The Kier molecular flexibility index (Phi) is 7.51. The molecule has 0 spiro atoms. The van der Waals surface area contributed by atoms with E-state index in [2.05, 4.69) is 54.0 Å². The maximum Gasteiger partial charge on any atom is 0.140 e. The van der Waals surface area contributed by atoms with Gasteiger partial charge < -0.3 is 4.74 Å².